The van der Waals surface area contributed by atoms with Crippen molar-refractivity contribution in [3.63, 3.8) is 0 Å². The SMILES string of the molecule is CO/N=C(\C(=O)N[C@@H]1C(=O)N2C(C(=O)[O-])=C(C[n+]3cccc(CC#N)c3)CS[C@H]12)c1nsc(N)n1. The van der Waals surface area contributed by atoms with Crippen molar-refractivity contribution in [2.75, 3.05) is 18.6 Å². The van der Waals surface area contributed by atoms with Crippen molar-refractivity contribution in [2.24, 2.45) is 5.16 Å². The van der Waals surface area contributed by atoms with E-state index >= 15 is 0 Å². The van der Waals surface area contributed by atoms with Gasteiger partial charge in [-0.1, -0.05) is 5.16 Å². The number of thioether (sulfide) groups is 1. The number of carboxylic acids is 1. The molecule has 2 aromatic rings. The molecule has 4 heterocycles. The average Bonchev–Trinajstić information content (AvgIpc) is 3.26. The zero-order valence-electron chi connectivity index (χ0n) is 18.2. The third-order valence-electron chi connectivity index (χ3n) is 5.15. The predicted octanol–water partition coefficient (Wildman–Crippen LogP) is -2.07. The molecule has 2 aromatic heterocycles. The highest BCUT2D eigenvalue weighted by Gasteiger charge is 2.53. The Labute approximate surface area is 207 Å². The summed E-state index contributed by atoms with van der Waals surface area (Å²) in [5, 5.41) is 26.6. The van der Waals surface area contributed by atoms with Gasteiger partial charge in [0, 0.05) is 34.5 Å². The van der Waals surface area contributed by atoms with Crippen LogP contribution < -0.4 is 20.7 Å². The van der Waals surface area contributed by atoms with E-state index in [2.05, 4.69) is 25.9 Å². The van der Waals surface area contributed by atoms with Crippen LogP contribution in [-0.4, -0.2) is 62.0 Å². The topological polar surface area (TPSA) is 191 Å². The molecule has 1 saturated heterocycles. The van der Waals surface area contributed by atoms with Crippen LogP contribution in [0.4, 0.5) is 5.13 Å². The lowest BCUT2D eigenvalue weighted by atomic mass is 10.0. The van der Waals surface area contributed by atoms with E-state index in [0.29, 0.717) is 11.3 Å². The van der Waals surface area contributed by atoms with E-state index in [9.17, 15) is 19.5 Å². The number of anilines is 1. The Kier molecular flexibility index (Phi) is 6.94. The van der Waals surface area contributed by atoms with Gasteiger partial charge in [-0.2, -0.15) is 14.6 Å². The smallest absolute Gasteiger partial charge is 0.278 e. The number of amides is 2. The number of nitrogens with two attached hydrogens (primary N) is 1. The molecule has 2 aliphatic rings. The molecule has 0 bridgehead atoms. The summed E-state index contributed by atoms with van der Waals surface area (Å²) in [4.78, 5) is 47.4. The molecule has 3 N–H and O–H groups in total. The molecule has 0 saturated carbocycles. The number of hydrogen-bond acceptors (Lipinski definition) is 12. The van der Waals surface area contributed by atoms with Gasteiger partial charge >= 0.3 is 0 Å². The summed E-state index contributed by atoms with van der Waals surface area (Å²) in [6, 6.07) is 4.63. The van der Waals surface area contributed by atoms with Crippen molar-refractivity contribution in [3.8, 4) is 6.07 Å². The normalized spacial score (nSPS) is 19.5. The number of carboxylic acid groups (broad SMARTS) is 1. The molecule has 0 aliphatic carbocycles. The fourth-order valence-electron chi connectivity index (χ4n) is 3.70. The first-order valence-electron chi connectivity index (χ1n) is 10.1. The number of nitrogen functional groups attached to an aromatic ring is 1. The minimum Gasteiger partial charge on any atom is -0.543 e. The van der Waals surface area contributed by atoms with Gasteiger partial charge in [0.15, 0.2) is 24.1 Å². The second-order valence-corrected chi connectivity index (χ2v) is 9.29. The lowest BCUT2D eigenvalue weighted by Crippen LogP contribution is -2.71. The van der Waals surface area contributed by atoms with Gasteiger partial charge in [0.2, 0.25) is 11.5 Å². The van der Waals surface area contributed by atoms with Gasteiger partial charge in [0.05, 0.1) is 24.2 Å². The molecule has 0 spiro atoms. The standard InChI is InChI=1S/C20H18N8O5S2/c1-33-25-12(15-24-20(22)35-26-15)16(29)23-13-17(30)28-14(19(31)32)11(9-34-18(13)28)8-27-6-2-3-10(7-27)4-5-21/h2-3,6-7,13,18H,4,8-9H2,1H3,(H3-,22,23,24,26,29,31,32)/b25-12-/t13-,18-/m1/s1. The Bertz CT molecular complexity index is 1300. The van der Waals surface area contributed by atoms with E-state index in [0.717, 1.165) is 22.0 Å². The highest BCUT2D eigenvalue weighted by atomic mass is 32.2. The maximum absolute atomic E-state index is 12.9. The van der Waals surface area contributed by atoms with Gasteiger partial charge in [0.1, 0.15) is 18.5 Å². The molecule has 1 fully saturated rings. The van der Waals surface area contributed by atoms with Crippen LogP contribution in [0.1, 0.15) is 11.4 Å². The van der Waals surface area contributed by atoms with E-state index in [-0.39, 0.29) is 35.3 Å². The molecule has 0 unspecified atom stereocenters. The van der Waals surface area contributed by atoms with Crippen LogP contribution in [0.15, 0.2) is 41.0 Å². The number of aromatic nitrogens is 3. The average molecular weight is 515 g/mol. The minimum absolute atomic E-state index is 0.0555. The number of carbonyl (C=O) groups is 3. The number of carbonyl (C=O) groups excluding carboxylic acids is 3. The van der Waals surface area contributed by atoms with E-state index in [1.54, 1.807) is 29.1 Å². The predicted molar refractivity (Wildman–Crippen MR) is 121 cm³/mol. The van der Waals surface area contributed by atoms with Gasteiger partial charge in [-0.05, 0) is 6.07 Å². The quantitative estimate of drug-likeness (QED) is 0.171. The fourth-order valence-corrected chi connectivity index (χ4v) is 5.47. The number of oxime groups is 1. The number of nitrogens with zero attached hydrogens (tertiary/aromatic N) is 6. The summed E-state index contributed by atoms with van der Waals surface area (Å²) >= 11 is 2.18. The highest BCUT2D eigenvalue weighted by molar-refractivity contribution is 8.00. The number of rotatable bonds is 8. The monoisotopic (exact) mass is 514 g/mol. The van der Waals surface area contributed by atoms with Crippen LogP contribution in [0.3, 0.4) is 0 Å². The molecule has 13 nitrogen and oxygen atoms in total. The maximum atomic E-state index is 12.9. The summed E-state index contributed by atoms with van der Waals surface area (Å²) in [6.07, 6.45) is 3.71. The van der Waals surface area contributed by atoms with E-state index in [4.69, 9.17) is 15.8 Å². The molecule has 180 valence electrons. The van der Waals surface area contributed by atoms with Crippen LogP contribution in [0.5, 0.6) is 0 Å². The summed E-state index contributed by atoms with van der Waals surface area (Å²) in [7, 11) is 1.24. The molecule has 0 radical (unpaired) electrons. The number of β-lactam (4-membered cyclic amide) rings is 1. The molecule has 2 aliphatic heterocycles. The van der Waals surface area contributed by atoms with E-state index in [1.807, 2.05) is 0 Å². The van der Waals surface area contributed by atoms with Crippen molar-refractivity contribution in [1.82, 2.24) is 19.6 Å². The molecule has 15 heteroatoms. The number of pyridine rings is 1. The Balaban J connectivity index is 1.53. The number of nitriles is 1. The number of hydrogen-bond donors (Lipinski definition) is 2. The number of fused-ring (bicyclic) bond motifs is 1. The van der Waals surface area contributed by atoms with Gasteiger partial charge in [-0.3, -0.25) is 14.5 Å². The number of aliphatic carboxylic acids is 1. The van der Waals surface area contributed by atoms with E-state index < -0.39 is 29.2 Å². The first kappa shape index (κ1) is 24.1. The zero-order chi connectivity index (χ0) is 25.1. The molecular formula is C20H18N8O5S2. The highest BCUT2D eigenvalue weighted by Crippen LogP contribution is 2.40. The van der Waals surface area contributed by atoms with Crippen LogP contribution in [-0.2, 0) is 32.2 Å². The van der Waals surface area contributed by atoms with Crippen LogP contribution in [0, 0.1) is 11.3 Å². The Morgan fingerprint density at radius 2 is 2.31 bits per heavy atom. The summed E-state index contributed by atoms with van der Waals surface area (Å²) in [5.41, 5.74) is 6.34. The first-order chi connectivity index (χ1) is 16.8. The molecule has 35 heavy (non-hydrogen) atoms. The van der Waals surface area contributed by atoms with Crippen molar-refractivity contribution >= 4 is 51.9 Å². The lowest BCUT2D eigenvalue weighted by Gasteiger charge is -2.50. The van der Waals surface area contributed by atoms with Crippen molar-refractivity contribution < 1.29 is 28.9 Å². The maximum Gasteiger partial charge on any atom is 0.278 e. The fraction of sp³-hybridized carbons (Fsp3) is 0.300. The summed E-state index contributed by atoms with van der Waals surface area (Å²) in [5.74, 6) is -2.61. The summed E-state index contributed by atoms with van der Waals surface area (Å²) < 4.78 is 5.68. The third-order valence-corrected chi connectivity index (χ3v) is 7.04. The molecular weight excluding hydrogens is 496 g/mol. The van der Waals surface area contributed by atoms with Crippen LogP contribution in [0.25, 0.3) is 0 Å². The van der Waals surface area contributed by atoms with Crippen molar-refractivity contribution in [2.45, 2.75) is 24.4 Å². The number of nitrogens with one attached hydrogen (secondary N) is 1. The van der Waals surface area contributed by atoms with Gasteiger partial charge in [0.25, 0.3) is 11.8 Å². The van der Waals surface area contributed by atoms with Crippen molar-refractivity contribution in [1.29, 1.82) is 5.26 Å². The molecule has 4 rings (SSSR count). The Morgan fingerprint density at radius 3 is 2.97 bits per heavy atom. The van der Waals surface area contributed by atoms with E-state index in [1.165, 1.54) is 18.9 Å². The molecule has 2 atom stereocenters. The minimum atomic E-state index is -1.49. The Morgan fingerprint density at radius 1 is 1.51 bits per heavy atom. The van der Waals surface area contributed by atoms with Gasteiger partial charge in [-0.25, -0.2) is 4.57 Å². The van der Waals surface area contributed by atoms with Crippen LogP contribution >= 0.6 is 23.3 Å². The Hall–Kier alpha value is -4.03. The zero-order valence-corrected chi connectivity index (χ0v) is 19.8. The largest absolute Gasteiger partial charge is 0.543 e. The summed E-state index contributed by atoms with van der Waals surface area (Å²) in [6.45, 7) is 0.199. The second-order valence-electron chi connectivity index (χ2n) is 7.40. The van der Waals surface area contributed by atoms with Gasteiger partial charge < -0.3 is 25.8 Å². The van der Waals surface area contributed by atoms with Crippen LogP contribution in [0.2, 0.25) is 0 Å². The third kappa shape index (κ3) is 4.79. The first-order valence-corrected chi connectivity index (χ1v) is 11.9. The van der Waals surface area contributed by atoms with Crippen molar-refractivity contribution in [3.05, 3.63) is 47.2 Å². The lowest BCUT2D eigenvalue weighted by molar-refractivity contribution is -0.689. The second kappa shape index (κ2) is 10.1. The molecule has 0 aromatic carbocycles. The molecule has 2 amide bonds. The van der Waals surface area contributed by atoms with Gasteiger partial charge in [-0.15, -0.1) is 11.8 Å².